The van der Waals surface area contributed by atoms with Gasteiger partial charge in [0.2, 0.25) is 0 Å². The summed E-state index contributed by atoms with van der Waals surface area (Å²) in [5.41, 5.74) is 2.20. The van der Waals surface area contributed by atoms with Crippen LogP contribution in [0.25, 0.3) is 6.08 Å². The molecule has 136 valence electrons. The fraction of sp³-hybridized carbons (Fsp3) is 0.524. The molecule has 0 spiro atoms. The monoisotopic (exact) mass is 360 g/mol. The molecule has 1 fully saturated rings. The first-order chi connectivity index (χ1) is 11.4. The Morgan fingerprint density at radius 3 is 2.28 bits per heavy atom. The van der Waals surface area contributed by atoms with Gasteiger partial charge in [-0.1, -0.05) is 76.3 Å². The van der Waals surface area contributed by atoms with Crippen molar-refractivity contribution in [3.63, 3.8) is 0 Å². The van der Waals surface area contributed by atoms with Crippen molar-refractivity contribution in [1.29, 1.82) is 0 Å². The van der Waals surface area contributed by atoms with Crippen LogP contribution in [0, 0.1) is 17.3 Å². The Hall–Kier alpha value is -1.39. The molecule has 4 unspecified atom stereocenters. The average Bonchev–Trinajstić information content (AvgIpc) is 3.30. The van der Waals surface area contributed by atoms with Gasteiger partial charge in [-0.15, -0.1) is 0 Å². The van der Waals surface area contributed by atoms with Gasteiger partial charge in [-0.2, -0.15) is 8.42 Å². The average molecular weight is 361 g/mol. The fourth-order valence-corrected chi connectivity index (χ4v) is 4.66. The summed E-state index contributed by atoms with van der Waals surface area (Å²) in [6.45, 7) is 10.5. The minimum Gasteiger partial charge on any atom is -0.285 e. The first-order valence-corrected chi connectivity index (χ1v) is 10.3. The first kappa shape index (κ1) is 18.4. The van der Waals surface area contributed by atoms with Gasteiger partial charge in [0.05, 0.1) is 0 Å². The molecule has 0 aliphatic heterocycles. The zero-order chi connectivity index (χ0) is 18.7. The summed E-state index contributed by atoms with van der Waals surface area (Å²) < 4.78 is 32.2. The summed E-state index contributed by atoms with van der Waals surface area (Å²) in [6.07, 6.45) is 8.21. The van der Waals surface area contributed by atoms with Gasteiger partial charge >= 0.3 is 0 Å². The second kappa shape index (κ2) is 5.55. The summed E-state index contributed by atoms with van der Waals surface area (Å²) in [4.78, 5) is 0. The summed E-state index contributed by atoms with van der Waals surface area (Å²) in [5.74, 6) is 1.05. The van der Waals surface area contributed by atoms with Crippen LogP contribution in [0.15, 0.2) is 42.5 Å². The molecule has 0 radical (unpaired) electrons. The minimum absolute atomic E-state index is 0.223. The van der Waals surface area contributed by atoms with E-state index in [2.05, 4.69) is 33.8 Å². The van der Waals surface area contributed by atoms with Crippen molar-refractivity contribution < 1.29 is 13.0 Å². The van der Waals surface area contributed by atoms with Gasteiger partial charge in [-0.25, -0.2) is 0 Å². The van der Waals surface area contributed by atoms with Crippen molar-refractivity contribution in [2.24, 2.45) is 17.3 Å². The molecular formula is C21H28O3S. The van der Waals surface area contributed by atoms with E-state index >= 15 is 0 Å². The first-order valence-electron chi connectivity index (χ1n) is 8.85. The van der Waals surface area contributed by atoms with Crippen LogP contribution in [0.1, 0.15) is 52.2 Å². The molecule has 0 heterocycles. The third-order valence-electron chi connectivity index (χ3n) is 6.12. The lowest BCUT2D eigenvalue weighted by Gasteiger charge is -2.34. The molecule has 2 aliphatic carbocycles. The Morgan fingerprint density at radius 2 is 1.72 bits per heavy atom. The molecule has 25 heavy (non-hydrogen) atoms. The van der Waals surface area contributed by atoms with Crippen LogP contribution in [0.4, 0.5) is 0 Å². The van der Waals surface area contributed by atoms with Gasteiger partial charge < -0.3 is 0 Å². The summed E-state index contributed by atoms with van der Waals surface area (Å²) >= 11 is 0. The topological polar surface area (TPSA) is 54.4 Å². The SMILES string of the molecule is CC(C)(C)C1CC1C1(C)/C=C\C(C)(S(=O)(=O)O)/C=C\c2ccccc21. The van der Waals surface area contributed by atoms with E-state index in [4.69, 9.17) is 0 Å². The van der Waals surface area contributed by atoms with Crippen molar-refractivity contribution in [3.8, 4) is 0 Å². The van der Waals surface area contributed by atoms with Crippen molar-refractivity contribution in [1.82, 2.24) is 0 Å². The predicted molar refractivity (Wildman–Crippen MR) is 103 cm³/mol. The maximum atomic E-state index is 12.0. The standard InChI is InChI=1S/C21H28O3S/c1-19(2,3)17-14-18(17)21(5)13-12-20(4,25(22,23)24)11-10-15-8-6-7-9-16(15)21/h6-13,17-18H,14H2,1-5H3,(H,22,23,24)/b11-10-,13-12-. The minimum atomic E-state index is -4.24. The second-order valence-electron chi connectivity index (χ2n) is 9.01. The Labute approximate surface area is 151 Å². The maximum Gasteiger partial charge on any atom is 0.277 e. The van der Waals surface area contributed by atoms with Crippen LogP contribution in [0.2, 0.25) is 0 Å². The second-order valence-corrected chi connectivity index (χ2v) is 10.8. The highest BCUT2D eigenvalue weighted by molar-refractivity contribution is 7.87. The van der Waals surface area contributed by atoms with Gasteiger partial charge in [-0.3, -0.25) is 4.55 Å². The number of rotatable bonds is 2. The molecular weight excluding hydrogens is 332 g/mol. The molecule has 0 bridgehead atoms. The Balaban J connectivity index is 2.16. The van der Waals surface area contributed by atoms with Crippen LogP contribution in [0.3, 0.4) is 0 Å². The van der Waals surface area contributed by atoms with Crippen LogP contribution >= 0.6 is 0 Å². The smallest absolute Gasteiger partial charge is 0.277 e. The number of benzene rings is 1. The number of hydrogen-bond acceptors (Lipinski definition) is 2. The molecule has 1 N–H and O–H groups in total. The molecule has 0 aromatic heterocycles. The maximum absolute atomic E-state index is 12.0. The molecule has 1 aromatic carbocycles. The molecule has 1 aromatic rings. The highest BCUT2D eigenvalue weighted by Gasteiger charge is 2.54. The van der Waals surface area contributed by atoms with E-state index < -0.39 is 14.9 Å². The normalized spacial score (nSPS) is 37.5. The summed E-state index contributed by atoms with van der Waals surface area (Å²) in [7, 11) is -4.24. The van der Waals surface area contributed by atoms with Crippen LogP contribution in [-0.4, -0.2) is 17.7 Å². The fourth-order valence-electron chi connectivity index (χ4n) is 4.18. The highest BCUT2D eigenvalue weighted by atomic mass is 32.2. The van der Waals surface area contributed by atoms with Crippen LogP contribution < -0.4 is 0 Å². The zero-order valence-corrected chi connectivity index (χ0v) is 16.5. The van der Waals surface area contributed by atoms with Crippen LogP contribution in [-0.2, 0) is 15.5 Å². The van der Waals surface area contributed by atoms with Gasteiger partial charge in [0.25, 0.3) is 10.1 Å². The van der Waals surface area contributed by atoms with Crippen molar-refractivity contribution in [2.45, 2.75) is 51.2 Å². The number of fused-ring (bicyclic) bond motifs is 1. The molecule has 0 saturated heterocycles. The van der Waals surface area contributed by atoms with Crippen molar-refractivity contribution >= 4 is 16.2 Å². The predicted octanol–water partition coefficient (Wildman–Crippen LogP) is 4.86. The quantitative estimate of drug-likeness (QED) is 0.605. The van der Waals surface area contributed by atoms with E-state index in [9.17, 15) is 13.0 Å². The molecule has 3 nitrogen and oxygen atoms in total. The largest absolute Gasteiger partial charge is 0.285 e. The van der Waals surface area contributed by atoms with E-state index in [1.807, 2.05) is 30.4 Å². The van der Waals surface area contributed by atoms with Crippen molar-refractivity contribution in [2.75, 3.05) is 0 Å². The third-order valence-corrected chi connectivity index (χ3v) is 7.51. The lowest BCUT2D eigenvalue weighted by atomic mass is 9.71. The molecule has 0 amide bonds. The third kappa shape index (κ3) is 3.11. The molecule has 1 saturated carbocycles. The highest BCUT2D eigenvalue weighted by Crippen LogP contribution is 2.60. The summed E-state index contributed by atoms with van der Waals surface area (Å²) in [5, 5.41) is 0. The zero-order valence-electron chi connectivity index (χ0n) is 15.7. The van der Waals surface area contributed by atoms with E-state index in [0.29, 0.717) is 11.8 Å². The molecule has 2 aliphatic rings. The summed E-state index contributed by atoms with van der Waals surface area (Å²) in [6, 6.07) is 8.16. The van der Waals surface area contributed by atoms with E-state index in [0.717, 1.165) is 12.0 Å². The van der Waals surface area contributed by atoms with Gasteiger partial charge in [-0.05, 0) is 41.7 Å². The Kier molecular flexibility index (Phi) is 4.09. The van der Waals surface area contributed by atoms with Crippen LogP contribution in [0.5, 0.6) is 0 Å². The Bertz CT molecular complexity index is 844. The van der Waals surface area contributed by atoms with E-state index in [-0.39, 0.29) is 10.8 Å². The Morgan fingerprint density at radius 1 is 1.08 bits per heavy atom. The molecule has 4 atom stereocenters. The van der Waals surface area contributed by atoms with Gasteiger partial charge in [0.15, 0.2) is 0 Å². The van der Waals surface area contributed by atoms with Gasteiger partial charge in [0, 0.05) is 5.41 Å². The van der Waals surface area contributed by atoms with E-state index in [1.165, 1.54) is 12.5 Å². The lowest BCUT2D eigenvalue weighted by molar-refractivity contribution is 0.302. The number of hydrogen-bond donors (Lipinski definition) is 1. The van der Waals surface area contributed by atoms with Crippen molar-refractivity contribution in [3.05, 3.63) is 53.6 Å². The molecule has 3 rings (SSSR count). The van der Waals surface area contributed by atoms with E-state index in [1.54, 1.807) is 12.2 Å². The number of allylic oxidation sites excluding steroid dienone is 1. The lowest BCUT2D eigenvalue weighted by Crippen LogP contribution is -2.34. The van der Waals surface area contributed by atoms with Gasteiger partial charge in [0.1, 0.15) is 4.75 Å². The molecule has 4 heteroatoms.